The van der Waals surface area contributed by atoms with E-state index in [-0.39, 0.29) is 5.57 Å². The van der Waals surface area contributed by atoms with Gasteiger partial charge in [-0.2, -0.15) is 0 Å². The third-order valence-electron chi connectivity index (χ3n) is 4.07. The van der Waals surface area contributed by atoms with E-state index in [0.717, 1.165) is 16.5 Å². The van der Waals surface area contributed by atoms with E-state index in [1.807, 2.05) is 41.8 Å². The maximum atomic E-state index is 11.9. The summed E-state index contributed by atoms with van der Waals surface area (Å²) in [5.74, 6) is -0.862. The molecule has 0 radical (unpaired) electrons. The molecule has 0 saturated carbocycles. The maximum Gasteiger partial charge on any atom is 0.328 e. The lowest BCUT2D eigenvalue weighted by atomic mass is 10.0. The van der Waals surface area contributed by atoms with Crippen LogP contribution < -0.4 is 10.6 Å². The average Bonchev–Trinajstić information content (AvgIpc) is 3.02. The molecule has 2 heterocycles. The zero-order valence-corrected chi connectivity index (χ0v) is 13.7. The highest BCUT2D eigenvalue weighted by Gasteiger charge is 2.27. The number of aromatic nitrogens is 1. The molecule has 0 aliphatic carbocycles. The Labute approximate surface area is 147 Å². The second kappa shape index (κ2) is 5.96. The first-order chi connectivity index (χ1) is 12.5. The third kappa shape index (κ3) is 2.75. The number of barbiturate groups is 1. The fourth-order valence-electron chi connectivity index (χ4n) is 2.74. The molecular weight excluding hydrogens is 334 g/mol. The van der Waals surface area contributed by atoms with Crippen molar-refractivity contribution in [1.29, 1.82) is 0 Å². The lowest BCUT2D eigenvalue weighted by Gasteiger charge is -2.13. The van der Waals surface area contributed by atoms with E-state index < -0.39 is 17.8 Å². The molecule has 26 heavy (non-hydrogen) atoms. The topological polar surface area (TPSA) is 101 Å². The van der Waals surface area contributed by atoms with E-state index in [0.29, 0.717) is 16.8 Å². The average molecular weight is 347 g/mol. The van der Waals surface area contributed by atoms with E-state index in [4.69, 9.17) is 4.52 Å². The van der Waals surface area contributed by atoms with Gasteiger partial charge in [0.2, 0.25) is 0 Å². The number of imide groups is 2. The Morgan fingerprint density at radius 3 is 2.35 bits per heavy atom. The molecule has 4 rings (SSSR count). The first-order valence-corrected chi connectivity index (χ1v) is 7.86. The number of amides is 4. The van der Waals surface area contributed by atoms with Crippen LogP contribution in [0.5, 0.6) is 0 Å². The van der Waals surface area contributed by atoms with Crippen molar-refractivity contribution in [2.24, 2.45) is 0 Å². The van der Waals surface area contributed by atoms with Crippen molar-refractivity contribution in [3.05, 3.63) is 59.2 Å². The standard InChI is InChI=1S/C19H13N3O4/c1-10-2-5-12(6-3-10)16-13-8-11(4-7-15(13)22-26-16)9-14-17(23)20-19(25)21-18(14)24/h2-9H,1H3,(H2,20,21,23,24,25). The molecule has 1 saturated heterocycles. The minimum atomic E-state index is -0.826. The van der Waals surface area contributed by atoms with Gasteiger partial charge in [0.25, 0.3) is 11.8 Å². The second-order valence-corrected chi connectivity index (χ2v) is 5.95. The summed E-state index contributed by atoms with van der Waals surface area (Å²) in [6, 6.07) is 12.2. The molecule has 0 bridgehead atoms. The highest BCUT2D eigenvalue weighted by Crippen LogP contribution is 2.30. The van der Waals surface area contributed by atoms with E-state index >= 15 is 0 Å². The number of fused-ring (bicyclic) bond motifs is 1. The monoisotopic (exact) mass is 347 g/mol. The number of rotatable bonds is 2. The summed E-state index contributed by atoms with van der Waals surface area (Å²) < 4.78 is 5.47. The summed E-state index contributed by atoms with van der Waals surface area (Å²) in [4.78, 5) is 34.9. The Morgan fingerprint density at radius 2 is 1.65 bits per heavy atom. The summed E-state index contributed by atoms with van der Waals surface area (Å²) in [6.07, 6.45) is 1.42. The third-order valence-corrected chi connectivity index (χ3v) is 4.07. The molecule has 2 aromatic carbocycles. The van der Waals surface area contributed by atoms with E-state index in [1.54, 1.807) is 18.2 Å². The summed E-state index contributed by atoms with van der Waals surface area (Å²) in [7, 11) is 0. The molecule has 3 aromatic rings. The lowest BCUT2D eigenvalue weighted by molar-refractivity contribution is -0.123. The lowest BCUT2D eigenvalue weighted by Crippen LogP contribution is -2.51. The minimum absolute atomic E-state index is 0.141. The van der Waals surface area contributed by atoms with Gasteiger partial charge in [0, 0.05) is 5.56 Å². The fourth-order valence-corrected chi connectivity index (χ4v) is 2.74. The number of urea groups is 1. The van der Waals surface area contributed by atoms with Gasteiger partial charge < -0.3 is 4.52 Å². The van der Waals surface area contributed by atoms with Crippen LogP contribution in [0.4, 0.5) is 4.79 Å². The predicted molar refractivity (Wildman–Crippen MR) is 93.8 cm³/mol. The highest BCUT2D eigenvalue weighted by molar-refractivity contribution is 6.31. The fraction of sp³-hybridized carbons (Fsp3) is 0.0526. The molecule has 0 unspecified atom stereocenters. The van der Waals surface area contributed by atoms with Gasteiger partial charge >= 0.3 is 6.03 Å². The largest absolute Gasteiger partial charge is 0.355 e. The molecular formula is C19H13N3O4. The quantitative estimate of drug-likeness (QED) is 0.548. The van der Waals surface area contributed by atoms with Crippen LogP contribution in [0.25, 0.3) is 28.3 Å². The smallest absolute Gasteiger partial charge is 0.328 e. The van der Waals surface area contributed by atoms with Gasteiger partial charge in [-0.3, -0.25) is 20.2 Å². The molecule has 0 spiro atoms. The Balaban J connectivity index is 1.78. The van der Waals surface area contributed by atoms with Gasteiger partial charge in [0.15, 0.2) is 5.76 Å². The molecule has 7 nitrogen and oxygen atoms in total. The number of hydrogen-bond donors (Lipinski definition) is 2. The zero-order chi connectivity index (χ0) is 18.3. The van der Waals surface area contributed by atoms with E-state index in [9.17, 15) is 14.4 Å². The van der Waals surface area contributed by atoms with Gasteiger partial charge in [-0.05, 0) is 30.7 Å². The first kappa shape index (κ1) is 15.8. The number of hydrogen-bond acceptors (Lipinski definition) is 5. The number of aryl methyl sites for hydroxylation is 1. The Morgan fingerprint density at radius 1 is 0.962 bits per heavy atom. The van der Waals surface area contributed by atoms with E-state index in [1.165, 1.54) is 6.08 Å². The van der Waals surface area contributed by atoms with Crippen LogP contribution >= 0.6 is 0 Å². The van der Waals surface area contributed by atoms with Crippen molar-refractivity contribution in [1.82, 2.24) is 15.8 Å². The van der Waals surface area contributed by atoms with Gasteiger partial charge in [-0.1, -0.05) is 41.1 Å². The number of nitrogens with zero attached hydrogens (tertiary/aromatic N) is 1. The summed E-state index contributed by atoms with van der Waals surface area (Å²) in [6.45, 7) is 2.00. The van der Waals surface area contributed by atoms with Gasteiger partial charge in [0.05, 0.1) is 5.39 Å². The molecule has 1 aromatic heterocycles. The first-order valence-electron chi connectivity index (χ1n) is 7.86. The normalized spacial score (nSPS) is 14.3. The van der Waals surface area contributed by atoms with Crippen molar-refractivity contribution in [2.75, 3.05) is 0 Å². The van der Waals surface area contributed by atoms with Crippen LogP contribution in [0.2, 0.25) is 0 Å². The van der Waals surface area contributed by atoms with Crippen molar-refractivity contribution >= 4 is 34.8 Å². The molecule has 1 aliphatic heterocycles. The molecule has 1 fully saturated rings. The Hall–Kier alpha value is -3.74. The molecule has 2 N–H and O–H groups in total. The highest BCUT2D eigenvalue weighted by atomic mass is 16.5. The summed E-state index contributed by atoms with van der Waals surface area (Å²) >= 11 is 0. The zero-order valence-electron chi connectivity index (χ0n) is 13.7. The minimum Gasteiger partial charge on any atom is -0.355 e. The van der Waals surface area contributed by atoms with Crippen LogP contribution in [0.3, 0.4) is 0 Å². The van der Waals surface area contributed by atoms with Crippen molar-refractivity contribution in [3.8, 4) is 11.3 Å². The molecule has 128 valence electrons. The second-order valence-electron chi connectivity index (χ2n) is 5.95. The molecule has 7 heteroatoms. The number of carbonyl (C=O) groups excluding carboxylic acids is 3. The van der Waals surface area contributed by atoms with Crippen molar-refractivity contribution < 1.29 is 18.9 Å². The van der Waals surface area contributed by atoms with Gasteiger partial charge in [-0.15, -0.1) is 0 Å². The summed E-state index contributed by atoms with van der Waals surface area (Å²) in [5, 5.41) is 8.90. The van der Waals surface area contributed by atoms with Gasteiger partial charge in [-0.25, -0.2) is 4.79 Å². The Kier molecular flexibility index (Phi) is 3.62. The molecule has 1 aliphatic rings. The molecule has 0 atom stereocenters. The number of carbonyl (C=O) groups is 3. The van der Waals surface area contributed by atoms with Crippen LogP contribution in [0.15, 0.2) is 52.6 Å². The number of benzene rings is 2. The van der Waals surface area contributed by atoms with E-state index in [2.05, 4.69) is 5.16 Å². The van der Waals surface area contributed by atoms with Crippen LogP contribution in [-0.4, -0.2) is 23.0 Å². The Bertz CT molecular complexity index is 1070. The SMILES string of the molecule is Cc1ccc(-c2onc3ccc(C=C4C(=O)NC(=O)NC4=O)cc23)cc1. The molecule has 4 amide bonds. The van der Waals surface area contributed by atoms with Crippen molar-refractivity contribution in [3.63, 3.8) is 0 Å². The number of nitrogens with one attached hydrogen (secondary N) is 2. The summed E-state index contributed by atoms with van der Waals surface area (Å²) in [5.41, 5.74) is 3.14. The van der Waals surface area contributed by atoms with Crippen molar-refractivity contribution in [2.45, 2.75) is 6.92 Å². The van der Waals surface area contributed by atoms with Crippen LogP contribution in [-0.2, 0) is 9.59 Å². The maximum absolute atomic E-state index is 11.9. The van der Waals surface area contributed by atoms with Gasteiger partial charge in [0.1, 0.15) is 11.1 Å². The predicted octanol–water partition coefficient (Wildman–Crippen LogP) is 2.55. The van der Waals surface area contributed by atoms with Crippen LogP contribution in [0, 0.1) is 6.92 Å². The van der Waals surface area contributed by atoms with Crippen LogP contribution in [0.1, 0.15) is 11.1 Å².